The number of halogens is 1. The molecule has 2 heterocycles. The van der Waals surface area contributed by atoms with E-state index in [1.807, 2.05) is 6.92 Å². The van der Waals surface area contributed by atoms with E-state index >= 15 is 0 Å². The first kappa shape index (κ1) is 11.3. The zero-order valence-electron chi connectivity index (χ0n) is 8.51. The van der Waals surface area contributed by atoms with Gasteiger partial charge in [-0.25, -0.2) is 18.4 Å². The number of aryl methyl sites for hydroxylation is 1. The summed E-state index contributed by atoms with van der Waals surface area (Å²) in [5.74, 6) is 0.611. The summed E-state index contributed by atoms with van der Waals surface area (Å²) in [7, 11) is -3.06. The Balaban J connectivity index is 2.17. The van der Waals surface area contributed by atoms with E-state index in [0.29, 0.717) is 5.82 Å². The first-order valence-corrected chi connectivity index (χ1v) is 6.72. The topological polar surface area (TPSA) is 72.0 Å². The van der Waals surface area contributed by atoms with Gasteiger partial charge in [-0.15, -0.1) is 0 Å². The predicted octanol–water partition coefficient (Wildman–Crippen LogP) is 1.16. The number of nitrogens with zero attached hydrogens (tertiary/aromatic N) is 2. The lowest BCUT2D eigenvalue weighted by molar-refractivity contribution is 0.605. The zero-order chi connectivity index (χ0) is 11.8. The zero-order valence-corrected chi connectivity index (χ0v) is 10.1. The molecule has 1 unspecified atom stereocenters. The quantitative estimate of drug-likeness (QED) is 0.807. The number of hydrogen-bond acceptors (Lipinski definition) is 5. The van der Waals surface area contributed by atoms with Crippen LogP contribution in [-0.2, 0) is 9.84 Å². The highest BCUT2D eigenvalue weighted by Crippen LogP contribution is 2.17. The number of nitrogens with one attached hydrogen (secondary N) is 1. The second-order valence-electron chi connectivity index (χ2n) is 3.58. The standard InChI is InChI=1S/C9H10ClN3O2S/c1-6-4-11-9(10)13-8(6)12-7-2-3-16(14,15)5-7/h2-4,7H,5H2,1H3,(H,11,12,13). The minimum atomic E-state index is -3.06. The SMILES string of the molecule is Cc1cnc(Cl)nc1NC1C=CS(=O)(=O)C1. The molecule has 1 atom stereocenters. The molecule has 1 aromatic rings. The Bertz CT molecular complexity index is 542. The molecular weight excluding hydrogens is 250 g/mol. The predicted molar refractivity (Wildman–Crippen MR) is 62.1 cm³/mol. The highest BCUT2D eigenvalue weighted by molar-refractivity contribution is 7.94. The van der Waals surface area contributed by atoms with Gasteiger partial charge < -0.3 is 5.32 Å². The van der Waals surface area contributed by atoms with Crippen molar-refractivity contribution in [2.45, 2.75) is 13.0 Å². The lowest BCUT2D eigenvalue weighted by Gasteiger charge is -2.12. The second-order valence-corrected chi connectivity index (χ2v) is 5.85. The van der Waals surface area contributed by atoms with Gasteiger partial charge in [0, 0.05) is 17.2 Å². The molecule has 7 heteroatoms. The van der Waals surface area contributed by atoms with Crippen molar-refractivity contribution < 1.29 is 8.42 Å². The van der Waals surface area contributed by atoms with Crippen LogP contribution >= 0.6 is 11.6 Å². The summed E-state index contributed by atoms with van der Waals surface area (Å²) in [5, 5.41) is 4.35. The summed E-state index contributed by atoms with van der Waals surface area (Å²) in [5.41, 5.74) is 0.821. The van der Waals surface area contributed by atoms with E-state index in [1.165, 1.54) is 5.41 Å². The van der Waals surface area contributed by atoms with Gasteiger partial charge in [0.25, 0.3) is 0 Å². The first-order chi connectivity index (χ1) is 7.46. The summed E-state index contributed by atoms with van der Waals surface area (Å²) in [6.45, 7) is 1.83. The Kier molecular flexibility index (Phi) is 2.86. The third-order valence-corrected chi connectivity index (χ3v) is 3.77. The van der Waals surface area contributed by atoms with Gasteiger partial charge in [0.05, 0.1) is 11.8 Å². The molecule has 0 spiro atoms. The molecule has 1 N–H and O–H groups in total. The molecular formula is C9H10ClN3O2S. The van der Waals surface area contributed by atoms with Gasteiger partial charge in [0.15, 0.2) is 9.84 Å². The molecule has 0 saturated carbocycles. The second kappa shape index (κ2) is 4.03. The molecule has 5 nitrogen and oxygen atoms in total. The third kappa shape index (κ3) is 2.51. The van der Waals surface area contributed by atoms with Gasteiger partial charge in [0.1, 0.15) is 5.82 Å². The summed E-state index contributed by atoms with van der Waals surface area (Å²) in [4.78, 5) is 7.82. The van der Waals surface area contributed by atoms with Crippen LogP contribution in [0.25, 0.3) is 0 Å². The Labute approximate surface area is 98.5 Å². The Morgan fingerprint density at radius 3 is 2.94 bits per heavy atom. The molecule has 0 saturated heterocycles. The minimum Gasteiger partial charge on any atom is -0.362 e. The van der Waals surface area contributed by atoms with Gasteiger partial charge in [0.2, 0.25) is 5.28 Å². The Morgan fingerprint density at radius 1 is 1.56 bits per heavy atom. The number of anilines is 1. The smallest absolute Gasteiger partial charge is 0.224 e. The highest BCUT2D eigenvalue weighted by atomic mass is 35.5. The van der Waals surface area contributed by atoms with Crippen LogP contribution in [0.5, 0.6) is 0 Å². The normalized spacial score (nSPS) is 22.2. The lowest BCUT2D eigenvalue weighted by Crippen LogP contribution is -2.22. The molecule has 1 aliphatic heterocycles. The molecule has 0 amide bonds. The van der Waals surface area contributed by atoms with Crippen LogP contribution in [0.1, 0.15) is 5.56 Å². The monoisotopic (exact) mass is 259 g/mol. The molecule has 0 aromatic carbocycles. The van der Waals surface area contributed by atoms with Gasteiger partial charge in [-0.2, -0.15) is 0 Å². The van der Waals surface area contributed by atoms with Gasteiger partial charge in [-0.05, 0) is 24.6 Å². The summed E-state index contributed by atoms with van der Waals surface area (Å²) >= 11 is 5.66. The van der Waals surface area contributed by atoms with E-state index in [1.54, 1.807) is 12.3 Å². The van der Waals surface area contributed by atoms with E-state index in [2.05, 4.69) is 15.3 Å². The molecule has 0 bridgehead atoms. The van der Waals surface area contributed by atoms with Crippen LogP contribution < -0.4 is 5.32 Å². The highest BCUT2D eigenvalue weighted by Gasteiger charge is 2.22. The number of sulfone groups is 1. The maximum absolute atomic E-state index is 11.2. The van der Waals surface area contributed by atoms with Gasteiger partial charge in [-0.1, -0.05) is 0 Å². The van der Waals surface area contributed by atoms with Gasteiger partial charge in [-0.3, -0.25) is 0 Å². The Hall–Kier alpha value is -1.14. The van der Waals surface area contributed by atoms with Crippen molar-refractivity contribution >= 4 is 27.3 Å². The number of rotatable bonds is 2. The molecule has 16 heavy (non-hydrogen) atoms. The maximum Gasteiger partial charge on any atom is 0.224 e. The molecule has 1 aliphatic rings. The van der Waals surface area contributed by atoms with E-state index in [-0.39, 0.29) is 17.1 Å². The summed E-state index contributed by atoms with van der Waals surface area (Å²) in [6, 6.07) is -0.255. The van der Waals surface area contributed by atoms with Crippen molar-refractivity contribution in [1.82, 2.24) is 9.97 Å². The van der Waals surface area contributed by atoms with Crippen LogP contribution in [0.2, 0.25) is 5.28 Å². The fraction of sp³-hybridized carbons (Fsp3) is 0.333. The number of aromatic nitrogens is 2. The van der Waals surface area contributed by atoms with Gasteiger partial charge >= 0.3 is 0 Å². The average molecular weight is 260 g/mol. The third-order valence-electron chi connectivity index (χ3n) is 2.19. The first-order valence-electron chi connectivity index (χ1n) is 4.63. The van der Waals surface area contributed by atoms with Crippen molar-refractivity contribution in [2.75, 3.05) is 11.1 Å². The Morgan fingerprint density at radius 2 is 2.31 bits per heavy atom. The van der Waals surface area contributed by atoms with Crippen molar-refractivity contribution in [3.63, 3.8) is 0 Å². The fourth-order valence-corrected chi connectivity index (χ4v) is 2.78. The van der Waals surface area contributed by atoms with Crippen molar-refractivity contribution in [1.29, 1.82) is 0 Å². The lowest BCUT2D eigenvalue weighted by atomic mass is 10.3. The fourth-order valence-electron chi connectivity index (χ4n) is 1.41. The van der Waals surface area contributed by atoms with Crippen molar-refractivity contribution in [2.24, 2.45) is 0 Å². The van der Waals surface area contributed by atoms with E-state index in [9.17, 15) is 8.42 Å². The molecule has 86 valence electrons. The van der Waals surface area contributed by atoms with E-state index < -0.39 is 9.84 Å². The molecule has 0 aliphatic carbocycles. The molecule has 0 fully saturated rings. The van der Waals surface area contributed by atoms with Crippen molar-refractivity contribution in [3.05, 3.63) is 28.5 Å². The van der Waals surface area contributed by atoms with Crippen molar-refractivity contribution in [3.8, 4) is 0 Å². The average Bonchev–Trinajstić information content (AvgIpc) is 2.52. The molecule has 1 aromatic heterocycles. The maximum atomic E-state index is 11.2. The minimum absolute atomic E-state index is 0.0497. The van der Waals surface area contributed by atoms with Crippen LogP contribution in [0.4, 0.5) is 5.82 Å². The van der Waals surface area contributed by atoms with Crippen LogP contribution in [0, 0.1) is 6.92 Å². The number of hydrogen-bond donors (Lipinski definition) is 1. The molecule has 0 radical (unpaired) electrons. The summed E-state index contributed by atoms with van der Waals surface area (Å²) in [6.07, 6.45) is 3.19. The van der Waals surface area contributed by atoms with Crippen LogP contribution in [-0.4, -0.2) is 30.2 Å². The molecule has 2 rings (SSSR count). The van der Waals surface area contributed by atoms with Crippen LogP contribution in [0.15, 0.2) is 17.7 Å². The van der Waals surface area contributed by atoms with E-state index in [0.717, 1.165) is 5.56 Å². The van der Waals surface area contributed by atoms with E-state index in [4.69, 9.17) is 11.6 Å². The largest absolute Gasteiger partial charge is 0.362 e. The summed E-state index contributed by atoms with van der Waals surface area (Å²) < 4.78 is 22.4. The van der Waals surface area contributed by atoms with Crippen LogP contribution in [0.3, 0.4) is 0 Å².